The Hall–Kier alpha value is -1.05. The zero-order chi connectivity index (χ0) is 12.2. The third-order valence-corrected chi connectivity index (χ3v) is 3.60. The highest BCUT2D eigenvalue weighted by molar-refractivity contribution is 8.24. The molecule has 0 heterocycles. The van der Waals surface area contributed by atoms with E-state index < -0.39 is 4.75 Å². The lowest BCUT2D eigenvalue weighted by Crippen LogP contribution is -2.26. The first-order valence-electron chi connectivity index (χ1n) is 4.89. The molecule has 1 aromatic carbocycles. The second-order valence-corrected chi connectivity index (χ2v) is 6.14. The number of nitriles is 1. The second-order valence-electron chi connectivity index (χ2n) is 3.88. The van der Waals surface area contributed by atoms with E-state index in [1.54, 1.807) is 0 Å². The molecule has 84 valence electrons. The summed E-state index contributed by atoms with van der Waals surface area (Å²) in [5.74, 6) is 0. The molecule has 0 amide bonds. The topological polar surface area (TPSA) is 27.0 Å². The molecule has 16 heavy (non-hydrogen) atoms. The number of thiocarbonyl (C=S) groups is 1. The standard InChI is InChI=1S/C12H14N2S2/c1-12(2,9-13)16-11(15)14(3)10-7-5-4-6-8-10/h4-8H,1-3H3. The summed E-state index contributed by atoms with van der Waals surface area (Å²) in [5.41, 5.74) is 1.04. The van der Waals surface area contributed by atoms with Crippen molar-refractivity contribution >= 4 is 34.0 Å². The number of para-hydroxylation sites is 1. The van der Waals surface area contributed by atoms with Crippen LogP contribution in [0, 0.1) is 11.3 Å². The lowest BCUT2D eigenvalue weighted by Gasteiger charge is -2.23. The molecule has 0 aliphatic carbocycles. The normalized spacial score (nSPS) is 10.6. The molecule has 4 heteroatoms. The van der Waals surface area contributed by atoms with Crippen molar-refractivity contribution in [2.24, 2.45) is 0 Å². The largest absolute Gasteiger partial charge is 0.330 e. The van der Waals surface area contributed by atoms with E-state index in [0.717, 1.165) is 5.69 Å². The minimum Gasteiger partial charge on any atom is -0.330 e. The van der Waals surface area contributed by atoms with E-state index in [1.165, 1.54) is 11.8 Å². The van der Waals surface area contributed by atoms with Gasteiger partial charge in [0.25, 0.3) is 0 Å². The van der Waals surface area contributed by atoms with Crippen LogP contribution in [0.4, 0.5) is 5.69 Å². The predicted octanol–water partition coefficient (Wildman–Crippen LogP) is 3.44. The molecule has 0 unspecified atom stereocenters. The predicted molar refractivity (Wildman–Crippen MR) is 74.7 cm³/mol. The number of nitrogens with zero attached hydrogens (tertiary/aromatic N) is 2. The average Bonchev–Trinajstić information content (AvgIpc) is 2.28. The highest BCUT2D eigenvalue weighted by Crippen LogP contribution is 2.28. The molecule has 0 saturated heterocycles. The lowest BCUT2D eigenvalue weighted by atomic mass is 10.2. The Kier molecular flexibility index (Phi) is 4.34. The molecule has 0 aliphatic rings. The van der Waals surface area contributed by atoms with E-state index in [0.29, 0.717) is 4.32 Å². The summed E-state index contributed by atoms with van der Waals surface area (Å²) in [6.45, 7) is 3.73. The zero-order valence-corrected chi connectivity index (χ0v) is 11.2. The van der Waals surface area contributed by atoms with Gasteiger partial charge in [0.1, 0.15) is 9.07 Å². The number of hydrogen-bond acceptors (Lipinski definition) is 3. The first-order valence-corrected chi connectivity index (χ1v) is 6.12. The van der Waals surface area contributed by atoms with Crippen LogP contribution in [0.1, 0.15) is 13.8 Å². The van der Waals surface area contributed by atoms with Crippen LogP contribution in [-0.2, 0) is 0 Å². The van der Waals surface area contributed by atoms with Gasteiger partial charge in [-0.15, -0.1) is 0 Å². The summed E-state index contributed by atoms with van der Waals surface area (Å²) in [4.78, 5) is 1.92. The van der Waals surface area contributed by atoms with E-state index in [-0.39, 0.29) is 0 Å². The van der Waals surface area contributed by atoms with Gasteiger partial charge < -0.3 is 4.90 Å². The van der Waals surface area contributed by atoms with Gasteiger partial charge in [-0.25, -0.2) is 0 Å². The van der Waals surface area contributed by atoms with Gasteiger partial charge in [0, 0.05) is 12.7 Å². The van der Waals surface area contributed by atoms with Crippen LogP contribution in [0.3, 0.4) is 0 Å². The molecule has 0 atom stereocenters. The Labute approximate surface area is 106 Å². The van der Waals surface area contributed by atoms with E-state index in [2.05, 4.69) is 6.07 Å². The van der Waals surface area contributed by atoms with Crippen LogP contribution in [0.2, 0.25) is 0 Å². The van der Waals surface area contributed by atoms with Crippen molar-refractivity contribution in [1.82, 2.24) is 0 Å². The third kappa shape index (κ3) is 3.51. The number of benzene rings is 1. The fourth-order valence-corrected chi connectivity index (χ4v) is 2.52. The van der Waals surface area contributed by atoms with E-state index in [4.69, 9.17) is 17.5 Å². The van der Waals surface area contributed by atoms with Gasteiger partial charge in [-0.05, 0) is 26.0 Å². The lowest BCUT2D eigenvalue weighted by molar-refractivity contribution is 0.920. The Morgan fingerprint density at radius 1 is 1.38 bits per heavy atom. The van der Waals surface area contributed by atoms with E-state index in [9.17, 15) is 0 Å². The second kappa shape index (κ2) is 5.33. The fraction of sp³-hybridized carbons (Fsp3) is 0.333. The van der Waals surface area contributed by atoms with E-state index in [1.807, 2.05) is 56.1 Å². The van der Waals surface area contributed by atoms with Gasteiger partial charge in [-0.3, -0.25) is 0 Å². The van der Waals surface area contributed by atoms with Crippen molar-refractivity contribution in [3.63, 3.8) is 0 Å². The highest BCUT2D eigenvalue weighted by Gasteiger charge is 2.22. The molecular weight excluding hydrogens is 236 g/mol. The van der Waals surface area contributed by atoms with Gasteiger partial charge >= 0.3 is 0 Å². The van der Waals surface area contributed by atoms with Crippen molar-refractivity contribution in [2.45, 2.75) is 18.6 Å². The number of rotatable bonds is 2. The minimum absolute atomic E-state index is 0.486. The minimum atomic E-state index is -0.486. The van der Waals surface area contributed by atoms with Gasteiger partial charge in [-0.1, -0.05) is 42.2 Å². The summed E-state index contributed by atoms with van der Waals surface area (Å²) in [6, 6.07) is 12.1. The number of anilines is 1. The van der Waals surface area contributed by atoms with Crippen molar-refractivity contribution in [2.75, 3.05) is 11.9 Å². The zero-order valence-electron chi connectivity index (χ0n) is 9.60. The van der Waals surface area contributed by atoms with Crippen molar-refractivity contribution < 1.29 is 0 Å². The van der Waals surface area contributed by atoms with Gasteiger partial charge in [0.15, 0.2) is 0 Å². The first kappa shape index (κ1) is 13.0. The van der Waals surface area contributed by atoms with Crippen LogP contribution in [0.25, 0.3) is 0 Å². The van der Waals surface area contributed by atoms with Crippen LogP contribution in [0.15, 0.2) is 30.3 Å². The Morgan fingerprint density at radius 2 is 1.94 bits per heavy atom. The van der Waals surface area contributed by atoms with Crippen LogP contribution < -0.4 is 4.90 Å². The molecule has 0 N–H and O–H groups in total. The Morgan fingerprint density at radius 3 is 2.44 bits per heavy atom. The molecule has 0 bridgehead atoms. The highest BCUT2D eigenvalue weighted by atomic mass is 32.2. The van der Waals surface area contributed by atoms with Crippen molar-refractivity contribution in [1.29, 1.82) is 5.26 Å². The maximum absolute atomic E-state index is 8.95. The first-order chi connectivity index (χ1) is 7.46. The summed E-state index contributed by atoms with van der Waals surface area (Å²) >= 11 is 6.71. The summed E-state index contributed by atoms with van der Waals surface area (Å²) in [7, 11) is 1.91. The van der Waals surface area contributed by atoms with Gasteiger partial charge in [0.2, 0.25) is 0 Å². The van der Waals surface area contributed by atoms with Crippen LogP contribution in [-0.4, -0.2) is 16.1 Å². The van der Waals surface area contributed by atoms with Gasteiger partial charge in [0.05, 0.1) is 6.07 Å². The molecule has 2 nitrogen and oxygen atoms in total. The molecule has 0 saturated carbocycles. The number of hydrogen-bond donors (Lipinski definition) is 0. The van der Waals surface area contributed by atoms with Crippen molar-refractivity contribution in [3.05, 3.63) is 30.3 Å². The summed E-state index contributed by atoms with van der Waals surface area (Å²) in [6.07, 6.45) is 0. The Bertz CT molecular complexity index is 407. The smallest absolute Gasteiger partial charge is 0.142 e. The quantitative estimate of drug-likeness (QED) is 0.751. The summed E-state index contributed by atoms with van der Waals surface area (Å²) in [5, 5.41) is 8.95. The maximum Gasteiger partial charge on any atom is 0.142 e. The molecule has 1 aromatic rings. The molecule has 0 aromatic heterocycles. The summed E-state index contributed by atoms with van der Waals surface area (Å²) < 4.78 is 0.220. The fourth-order valence-electron chi connectivity index (χ4n) is 1.07. The monoisotopic (exact) mass is 250 g/mol. The molecule has 0 radical (unpaired) electrons. The van der Waals surface area contributed by atoms with E-state index >= 15 is 0 Å². The van der Waals surface area contributed by atoms with Crippen LogP contribution in [0.5, 0.6) is 0 Å². The molecular formula is C12H14N2S2. The van der Waals surface area contributed by atoms with Crippen LogP contribution >= 0.6 is 24.0 Å². The molecule has 1 rings (SSSR count). The maximum atomic E-state index is 8.95. The van der Waals surface area contributed by atoms with Crippen molar-refractivity contribution in [3.8, 4) is 6.07 Å². The molecule has 0 fully saturated rings. The molecule has 0 spiro atoms. The molecule has 0 aliphatic heterocycles. The Balaban J connectivity index is 2.74. The SMILES string of the molecule is CN(C(=S)SC(C)(C)C#N)c1ccccc1. The number of thioether (sulfide) groups is 1. The third-order valence-electron chi connectivity index (χ3n) is 2.03. The average molecular weight is 250 g/mol. The van der Waals surface area contributed by atoms with Gasteiger partial charge in [-0.2, -0.15) is 5.26 Å².